The highest BCUT2D eigenvalue weighted by atomic mass is 32.2. The molecule has 1 aliphatic carbocycles. The van der Waals surface area contributed by atoms with Gasteiger partial charge in [-0.1, -0.05) is 30.7 Å². The molecule has 1 amide bonds. The number of amides is 1. The molecule has 9 heteroatoms. The summed E-state index contributed by atoms with van der Waals surface area (Å²) in [4.78, 5) is 12.8. The van der Waals surface area contributed by atoms with E-state index < -0.39 is 0 Å². The molecule has 0 atom stereocenters. The van der Waals surface area contributed by atoms with Crippen molar-refractivity contribution in [2.45, 2.75) is 36.3 Å². The maximum absolute atomic E-state index is 12.8. The van der Waals surface area contributed by atoms with Gasteiger partial charge in [0, 0.05) is 17.6 Å². The fourth-order valence-electron chi connectivity index (χ4n) is 4.68. The van der Waals surface area contributed by atoms with Crippen LogP contribution in [0.2, 0.25) is 0 Å². The number of benzene rings is 2. The Labute approximate surface area is 203 Å². The third-order valence-electron chi connectivity index (χ3n) is 6.54. The maximum atomic E-state index is 12.8. The molecule has 1 N–H and O–H groups in total. The van der Waals surface area contributed by atoms with Crippen molar-refractivity contribution in [3.8, 4) is 22.9 Å². The first kappa shape index (κ1) is 22.6. The van der Waals surface area contributed by atoms with Crippen molar-refractivity contribution in [1.82, 2.24) is 20.1 Å². The largest absolute Gasteiger partial charge is 0.497 e. The summed E-state index contributed by atoms with van der Waals surface area (Å²) < 4.78 is 18.6. The summed E-state index contributed by atoms with van der Waals surface area (Å²) in [5, 5.41) is 12.1. The van der Waals surface area contributed by atoms with E-state index in [1.165, 1.54) is 17.3 Å². The molecule has 0 bridgehead atoms. The molecular weight excluding hydrogens is 452 g/mol. The molecular formula is C25H28N4O4S. The Morgan fingerprint density at radius 3 is 2.65 bits per heavy atom. The SMILES string of the molecule is COc1ccc(-n2cnnc2SCC(=O)NCC2(c3ccc4c(c3)OCCO4)CCCC2)cc1. The lowest BCUT2D eigenvalue weighted by Crippen LogP contribution is -2.39. The van der Waals surface area contributed by atoms with E-state index >= 15 is 0 Å². The predicted molar refractivity (Wildman–Crippen MR) is 129 cm³/mol. The third kappa shape index (κ3) is 4.70. The zero-order valence-electron chi connectivity index (χ0n) is 19.2. The summed E-state index contributed by atoms with van der Waals surface area (Å²) in [6, 6.07) is 13.8. The highest BCUT2D eigenvalue weighted by molar-refractivity contribution is 7.99. The van der Waals surface area contributed by atoms with Gasteiger partial charge in [0.25, 0.3) is 0 Å². The van der Waals surface area contributed by atoms with Crippen molar-refractivity contribution in [3.05, 3.63) is 54.4 Å². The second-order valence-corrected chi connectivity index (χ2v) is 9.54. The van der Waals surface area contributed by atoms with Gasteiger partial charge in [0.15, 0.2) is 16.7 Å². The van der Waals surface area contributed by atoms with Crippen LogP contribution in [0.25, 0.3) is 5.69 Å². The van der Waals surface area contributed by atoms with Gasteiger partial charge in [0.05, 0.1) is 12.9 Å². The number of nitrogens with zero attached hydrogens (tertiary/aromatic N) is 3. The average Bonchev–Trinajstić information content (AvgIpc) is 3.56. The van der Waals surface area contributed by atoms with Crippen LogP contribution >= 0.6 is 11.8 Å². The summed E-state index contributed by atoms with van der Waals surface area (Å²) in [5.74, 6) is 2.63. The van der Waals surface area contributed by atoms with Crippen molar-refractivity contribution in [3.63, 3.8) is 0 Å². The molecule has 3 aromatic rings. The molecule has 5 rings (SSSR count). The number of fused-ring (bicyclic) bond motifs is 1. The molecule has 8 nitrogen and oxygen atoms in total. The minimum Gasteiger partial charge on any atom is -0.497 e. The number of methoxy groups -OCH3 is 1. The van der Waals surface area contributed by atoms with E-state index in [9.17, 15) is 4.79 Å². The van der Waals surface area contributed by atoms with Gasteiger partial charge in [0.2, 0.25) is 5.91 Å². The van der Waals surface area contributed by atoms with Crippen LogP contribution in [0.4, 0.5) is 0 Å². The van der Waals surface area contributed by atoms with Gasteiger partial charge in [-0.25, -0.2) is 0 Å². The second-order valence-electron chi connectivity index (χ2n) is 8.59. The van der Waals surface area contributed by atoms with Crippen LogP contribution in [0.5, 0.6) is 17.2 Å². The molecule has 1 aliphatic heterocycles. The Kier molecular flexibility index (Phi) is 6.62. The van der Waals surface area contributed by atoms with Crippen LogP contribution in [0.3, 0.4) is 0 Å². The van der Waals surface area contributed by atoms with Crippen molar-refractivity contribution >= 4 is 17.7 Å². The Morgan fingerprint density at radius 2 is 1.88 bits per heavy atom. The number of carbonyl (C=O) groups excluding carboxylic acids is 1. The summed E-state index contributed by atoms with van der Waals surface area (Å²) in [6.07, 6.45) is 6.06. The molecule has 0 spiro atoms. The Bertz CT molecular complexity index is 1140. The minimum atomic E-state index is -0.0702. The van der Waals surface area contributed by atoms with Gasteiger partial charge in [-0.2, -0.15) is 0 Å². The molecule has 2 aliphatic rings. The lowest BCUT2D eigenvalue weighted by Gasteiger charge is -2.31. The number of ether oxygens (including phenoxy) is 3. The first-order valence-electron chi connectivity index (χ1n) is 11.5. The quantitative estimate of drug-likeness (QED) is 0.491. The second kappa shape index (κ2) is 9.97. The highest BCUT2D eigenvalue weighted by Crippen LogP contribution is 2.43. The lowest BCUT2D eigenvalue weighted by molar-refractivity contribution is -0.118. The van der Waals surface area contributed by atoms with E-state index in [1.807, 2.05) is 34.9 Å². The van der Waals surface area contributed by atoms with E-state index in [1.54, 1.807) is 13.4 Å². The number of hydrogen-bond acceptors (Lipinski definition) is 7. The molecule has 2 heterocycles. The van der Waals surface area contributed by atoms with Gasteiger partial charge < -0.3 is 19.5 Å². The van der Waals surface area contributed by atoms with Gasteiger partial charge in [-0.05, 0) is 54.8 Å². The monoisotopic (exact) mass is 480 g/mol. The van der Waals surface area contributed by atoms with Crippen molar-refractivity contribution < 1.29 is 19.0 Å². The molecule has 34 heavy (non-hydrogen) atoms. The number of nitrogens with one attached hydrogen (secondary N) is 1. The van der Waals surface area contributed by atoms with E-state index in [0.717, 1.165) is 48.6 Å². The standard InChI is InChI=1S/C25H28N4O4S/c1-31-20-7-5-19(6-8-20)29-17-27-28-24(29)34-15-23(30)26-16-25(10-2-3-11-25)18-4-9-21-22(14-18)33-13-12-32-21/h4-9,14,17H,2-3,10-13,15-16H2,1H3,(H,26,30). The van der Waals surface area contributed by atoms with Crippen LogP contribution in [-0.4, -0.2) is 53.3 Å². The molecule has 178 valence electrons. The van der Waals surface area contributed by atoms with Crippen molar-refractivity contribution in [2.24, 2.45) is 0 Å². The predicted octanol–water partition coefficient (Wildman–Crippen LogP) is 3.77. The fraction of sp³-hybridized carbons (Fsp3) is 0.400. The summed E-state index contributed by atoms with van der Waals surface area (Å²) in [6.45, 7) is 1.76. The molecule has 1 aromatic heterocycles. The van der Waals surface area contributed by atoms with E-state index in [-0.39, 0.29) is 17.1 Å². The topological polar surface area (TPSA) is 87.5 Å². The molecule has 2 aromatic carbocycles. The van der Waals surface area contributed by atoms with Crippen LogP contribution in [-0.2, 0) is 10.2 Å². The summed E-state index contributed by atoms with van der Waals surface area (Å²) in [7, 11) is 1.64. The van der Waals surface area contributed by atoms with E-state index in [2.05, 4.69) is 27.6 Å². The minimum absolute atomic E-state index is 0.0156. The highest BCUT2D eigenvalue weighted by Gasteiger charge is 2.36. The number of aromatic nitrogens is 3. The van der Waals surface area contributed by atoms with Gasteiger partial charge >= 0.3 is 0 Å². The Morgan fingerprint density at radius 1 is 1.12 bits per heavy atom. The maximum Gasteiger partial charge on any atom is 0.230 e. The lowest BCUT2D eigenvalue weighted by atomic mass is 9.78. The average molecular weight is 481 g/mol. The number of thioether (sulfide) groups is 1. The Balaban J connectivity index is 1.22. The smallest absolute Gasteiger partial charge is 0.230 e. The van der Waals surface area contributed by atoms with Crippen LogP contribution < -0.4 is 19.5 Å². The van der Waals surface area contributed by atoms with E-state index in [4.69, 9.17) is 14.2 Å². The van der Waals surface area contributed by atoms with E-state index in [0.29, 0.717) is 24.9 Å². The van der Waals surface area contributed by atoms with Crippen LogP contribution in [0, 0.1) is 0 Å². The number of rotatable bonds is 8. The van der Waals surface area contributed by atoms with Crippen LogP contribution in [0.15, 0.2) is 53.9 Å². The zero-order valence-corrected chi connectivity index (χ0v) is 20.0. The number of carbonyl (C=O) groups is 1. The molecule has 1 fully saturated rings. The Hall–Kier alpha value is -3.20. The normalized spacial score (nSPS) is 16.3. The summed E-state index contributed by atoms with van der Waals surface area (Å²) in [5.41, 5.74) is 2.05. The summed E-state index contributed by atoms with van der Waals surface area (Å²) >= 11 is 1.37. The molecule has 0 radical (unpaired) electrons. The molecule has 0 unspecified atom stereocenters. The third-order valence-corrected chi connectivity index (χ3v) is 7.48. The molecule has 1 saturated carbocycles. The van der Waals surface area contributed by atoms with Gasteiger partial charge in [-0.15, -0.1) is 10.2 Å². The number of hydrogen-bond donors (Lipinski definition) is 1. The van der Waals surface area contributed by atoms with Crippen molar-refractivity contribution in [1.29, 1.82) is 0 Å². The van der Waals surface area contributed by atoms with Gasteiger partial charge in [0.1, 0.15) is 25.3 Å². The molecule has 0 saturated heterocycles. The van der Waals surface area contributed by atoms with Gasteiger partial charge in [-0.3, -0.25) is 9.36 Å². The fourth-order valence-corrected chi connectivity index (χ4v) is 5.44. The first-order chi connectivity index (χ1) is 16.7. The first-order valence-corrected chi connectivity index (χ1v) is 12.5. The van der Waals surface area contributed by atoms with Crippen LogP contribution in [0.1, 0.15) is 31.2 Å². The van der Waals surface area contributed by atoms with Crippen molar-refractivity contribution in [2.75, 3.05) is 32.6 Å². The zero-order chi connectivity index (χ0) is 23.4.